The van der Waals surface area contributed by atoms with Gasteiger partial charge in [-0.25, -0.2) is 14.1 Å². The molecule has 0 N–H and O–H groups in total. The molecule has 2 heterocycles. The highest BCUT2D eigenvalue weighted by Gasteiger charge is 2.38. The van der Waals surface area contributed by atoms with Crippen molar-refractivity contribution in [2.45, 2.75) is 57.7 Å². The summed E-state index contributed by atoms with van der Waals surface area (Å²) in [7, 11) is 0. The molecule has 0 fully saturated rings. The standard InChI is InChI=1S/C20H24N4OS/c1-5-20(4)12-13-10-8-9-11-14(13)16-15(20)17(25)24-18(21-16)23(6-2)22-19(24)26-7-3/h8-11H,5-7,12H2,1-4H3/t20-/m0/s1. The van der Waals surface area contributed by atoms with Crippen molar-refractivity contribution < 1.29 is 0 Å². The van der Waals surface area contributed by atoms with Crippen LogP contribution in [-0.4, -0.2) is 24.9 Å². The SMILES string of the molecule is CCSc1nn(CC)c2nc3c(c(=O)n12)[C@@](C)(CC)Cc1ccccc1-3. The Labute approximate surface area is 157 Å². The second kappa shape index (κ2) is 6.27. The third kappa shape index (κ3) is 2.35. The largest absolute Gasteiger partial charge is 0.268 e. The van der Waals surface area contributed by atoms with Crippen molar-refractivity contribution in [2.24, 2.45) is 0 Å². The van der Waals surface area contributed by atoms with Gasteiger partial charge in [-0.3, -0.25) is 4.79 Å². The number of aryl methyl sites for hydroxylation is 1. The zero-order valence-electron chi connectivity index (χ0n) is 15.7. The predicted octanol–water partition coefficient (Wildman–Crippen LogP) is 3.91. The van der Waals surface area contributed by atoms with Crippen LogP contribution in [0.4, 0.5) is 0 Å². The average molecular weight is 369 g/mol. The molecular weight excluding hydrogens is 344 g/mol. The molecule has 4 rings (SSSR count). The summed E-state index contributed by atoms with van der Waals surface area (Å²) in [5, 5.41) is 5.38. The molecule has 2 aromatic heterocycles. The Balaban J connectivity index is 2.15. The van der Waals surface area contributed by atoms with E-state index in [0.29, 0.717) is 12.3 Å². The van der Waals surface area contributed by atoms with Crippen LogP contribution in [0, 0.1) is 0 Å². The summed E-state index contributed by atoms with van der Waals surface area (Å²) in [6.45, 7) is 9.14. The first kappa shape index (κ1) is 17.3. The van der Waals surface area contributed by atoms with Crippen molar-refractivity contribution >= 4 is 17.5 Å². The maximum Gasteiger partial charge on any atom is 0.265 e. The van der Waals surface area contributed by atoms with Gasteiger partial charge in [0.25, 0.3) is 5.56 Å². The van der Waals surface area contributed by atoms with Gasteiger partial charge in [0, 0.05) is 17.5 Å². The topological polar surface area (TPSA) is 52.2 Å². The van der Waals surface area contributed by atoms with Gasteiger partial charge in [-0.2, -0.15) is 0 Å². The summed E-state index contributed by atoms with van der Waals surface area (Å²) >= 11 is 1.59. The first-order chi connectivity index (χ1) is 12.5. The Morgan fingerprint density at radius 2 is 2.00 bits per heavy atom. The number of hydrogen-bond acceptors (Lipinski definition) is 4. The average Bonchev–Trinajstić information content (AvgIpc) is 3.00. The van der Waals surface area contributed by atoms with E-state index in [0.717, 1.165) is 40.6 Å². The van der Waals surface area contributed by atoms with Gasteiger partial charge in [0.1, 0.15) is 0 Å². The van der Waals surface area contributed by atoms with Crippen LogP contribution in [0.1, 0.15) is 45.2 Å². The smallest absolute Gasteiger partial charge is 0.265 e. The minimum atomic E-state index is -0.211. The Morgan fingerprint density at radius 1 is 1.23 bits per heavy atom. The summed E-state index contributed by atoms with van der Waals surface area (Å²) < 4.78 is 3.55. The van der Waals surface area contributed by atoms with Gasteiger partial charge in [-0.05, 0) is 31.1 Å². The molecule has 0 aliphatic heterocycles. The normalized spacial score (nSPS) is 18.8. The minimum Gasteiger partial charge on any atom is -0.268 e. The first-order valence-electron chi connectivity index (χ1n) is 9.29. The summed E-state index contributed by atoms with van der Waals surface area (Å²) in [5.74, 6) is 1.51. The second-order valence-electron chi connectivity index (χ2n) is 7.06. The van der Waals surface area contributed by atoms with E-state index in [1.54, 1.807) is 16.2 Å². The summed E-state index contributed by atoms with van der Waals surface area (Å²) in [4.78, 5) is 18.6. The van der Waals surface area contributed by atoms with Crippen molar-refractivity contribution in [3.63, 3.8) is 0 Å². The fourth-order valence-electron chi connectivity index (χ4n) is 3.94. The molecule has 5 nitrogen and oxygen atoms in total. The van der Waals surface area contributed by atoms with E-state index in [2.05, 4.69) is 44.1 Å². The third-order valence-electron chi connectivity index (χ3n) is 5.50. The van der Waals surface area contributed by atoms with E-state index in [9.17, 15) is 4.79 Å². The molecule has 6 heteroatoms. The molecule has 3 aromatic rings. The van der Waals surface area contributed by atoms with Crippen LogP contribution in [0.2, 0.25) is 0 Å². The molecule has 1 aliphatic rings. The van der Waals surface area contributed by atoms with Crippen LogP contribution in [-0.2, 0) is 18.4 Å². The van der Waals surface area contributed by atoms with Gasteiger partial charge in [-0.1, -0.05) is 56.8 Å². The van der Waals surface area contributed by atoms with Crippen LogP contribution in [0.15, 0.2) is 34.2 Å². The van der Waals surface area contributed by atoms with Crippen molar-refractivity contribution in [3.8, 4) is 11.3 Å². The summed E-state index contributed by atoms with van der Waals surface area (Å²) in [5.41, 5.74) is 3.86. The van der Waals surface area contributed by atoms with Gasteiger partial charge < -0.3 is 0 Å². The number of aromatic nitrogens is 4. The summed E-state index contributed by atoms with van der Waals surface area (Å²) in [6.07, 6.45) is 1.77. The zero-order chi connectivity index (χ0) is 18.5. The van der Waals surface area contributed by atoms with Gasteiger partial charge >= 0.3 is 0 Å². The molecule has 0 amide bonds. The van der Waals surface area contributed by atoms with E-state index < -0.39 is 0 Å². The third-order valence-corrected chi connectivity index (χ3v) is 6.32. The van der Waals surface area contributed by atoms with Crippen LogP contribution in [0.25, 0.3) is 17.0 Å². The lowest BCUT2D eigenvalue weighted by atomic mass is 9.69. The quantitative estimate of drug-likeness (QED) is 0.655. The number of fused-ring (bicyclic) bond motifs is 4. The number of rotatable bonds is 4. The molecule has 26 heavy (non-hydrogen) atoms. The van der Waals surface area contributed by atoms with Gasteiger partial charge in [0.15, 0.2) is 5.16 Å². The molecule has 0 bridgehead atoms. The van der Waals surface area contributed by atoms with Crippen molar-refractivity contribution in [1.82, 2.24) is 19.2 Å². The fourth-order valence-corrected chi connectivity index (χ4v) is 4.65. The highest BCUT2D eigenvalue weighted by Crippen LogP contribution is 2.42. The van der Waals surface area contributed by atoms with E-state index in [-0.39, 0.29) is 11.0 Å². The maximum absolute atomic E-state index is 13.6. The van der Waals surface area contributed by atoms with Crippen molar-refractivity contribution in [1.29, 1.82) is 0 Å². The molecule has 1 aromatic carbocycles. The van der Waals surface area contributed by atoms with Gasteiger partial charge in [0.05, 0.1) is 11.3 Å². The molecular formula is C20H24N4OS. The van der Waals surface area contributed by atoms with Crippen LogP contribution in [0.5, 0.6) is 0 Å². The van der Waals surface area contributed by atoms with Crippen LogP contribution in [0.3, 0.4) is 0 Å². The van der Waals surface area contributed by atoms with E-state index in [4.69, 9.17) is 4.98 Å². The van der Waals surface area contributed by atoms with E-state index in [1.165, 1.54) is 5.56 Å². The molecule has 0 unspecified atom stereocenters. The van der Waals surface area contributed by atoms with Crippen molar-refractivity contribution in [2.75, 3.05) is 5.75 Å². The molecule has 0 spiro atoms. The zero-order valence-corrected chi connectivity index (χ0v) is 16.6. The lowest BCUT2D eigenvalue weighted by Gasteiger charge is -2.35. The molecule has 0 radical (unpaired) electrons. The Bertz CT molecular complexity index is 1050. The molecule has 136 valence electrons. The number of thioether (sulfide) groups is 1. The highest BCUT2D eigenvalue weighted by atomic mass is 32.2. The Kier molecular flexibility index (Phi) is 4.18. The van der Waals surface area contributed by atoms with E-state index >= 15 is 0 Å². The Morgan fingerprint density at radius 3 is 2.69 bits per heavy atom. The number of nitrogens with zero attached hydrogens (tertiary/aromatic N) is 4. The second-order valence-corrected chi connectivity index (χ2v) is 8.29. The Hall–Kier alpha value is -2.08. The monoisotopic (exact) mass is 368 g/mol. The molecule has 0 saturated heterocycles. The number of hydrogen-bond donors (Lipinski definition) is 0. The van der Waals surface area contributed by atoms with Gasteiger partial charge in [-0.15, -0.1) is 5.10 Å². The maximum atomic E-state index is 13.6. The lowest BCUT2D eigenvalue weighted by molar-refractivity contribution is 0.439. The first-order valence-corrected chi connectivity index (χ1v) is 10.3. The van der Waals surface area contributed by atoms with Crippen LogP contribution >= 0.6 is 11.8 Å². The molecule has 1 atom stereocenters. The minimum absolute atomic E-state index is 0.0412. The molecule has 1 aliphatic carbocycles. The van der Waals surface area contributed by atoms with Crippen molar-refractivity contribution in [3.05, 3.63) is 45.7 Å². The molecule has 0 saturated carbocycles. The van der Waals surface area contributed by atoms with Crippen LogP contribution < -0.4 is 5.56 Å². The van der Waals surface area contributed by atoms with E-state index in [1.807, 2.05) is 17.7 Å². The summed E-state index contributed by atoms with van der Waals surface area (Å²) in [6, 6.07) is 8.33. The lowest BCUT2D eigenvalue weighted by Crippen LogP contribution is -2.37. The highest BCUT2D eigenvalue weighted by molar-refractivity contribution is 7.99. The fraction of sp³-hybridized carbons (Fsp3) is 0.450. The number of benzene rings is 1. The predicted molar refractivity (Wildman–Crippen MR) is 106 cm³/mol. The van der Waals surface area contributed by atoms with Gasteiger partial charge in [0.2, 0.25) is 5.78 Å².